The highest BCUT2D eigenvalue weighted by Crippen LogP contribution is 2.24. The van der Waals surface area contributed by atoms with Crippen molar-refractivity contribution < 1.29 is 4.79 Å². The van der Waals surface area contributed by atoms with Crippen molar-refractivity contribution in [1.82, 2.24) is 19.6 Å². The molecule has 0 N–H and O–H groups in total. The summed E-state index contributed by atoms with van der Waals surface area (Å²) in [5, 5.41) is 14.3. The van der Waals surface area contributed by atoms with E-state index in [0.29, 0.717) is 22.5 Å². The standard InChI is InChI=1S/C17H15ClN6OS/c1-12-10-13(4-5-14(12)18)23(8-2-6-19)15(25)11-26-17-21-16-20-7-3-9-24(16)22-17/h3-5,7,9-10H,2,8,11H2,1H3. The molecule has 132 valence electrons. The number of halogens is 1. The number of hydrogen-bond acceptors (Lipinski definition) is 6. The third kappa shape index (κ3) is 4.12. The second kappa shape index (κ2) is 8.17. The van der Waals surface area contributed by atoms with E-state index in [4.69, 9.17) is 16.9 Å². The van der Waals surface area contributed by atoms with Crippen LogP contribution in [-0.4, -0.2) is 37.8 Å². The van der Waals surface area contributed by atoms with Crippen molar-refractivity contribution in [2.45, 2.75) is 18.5 Å². The van der Waals surface area contributed by atoms with Crippen molar-refractivity contribution in [2.24, 2.45) is 0 Å². The zero-order chi connectivity index (χ0) is 18.5. The van der Waals surface area contributed by atoms with Crippen molar-refractivity contribution in [2.75, 3.05) is 17.2 Å². The molecule has 9 heteroatoms. The maximum Gasteiger partial charge on any atom is 0.253 e. The van der Waals surface area contributed by atoms with E-state index < -0.39 is 0 Å². The van der Waals surface area contributed by atoms with Crippen molar-refractivity contribution in [3.63, 3.8) is 0 Å². The lowest BCUT2D eigenvalue weighted by Crippen LogP contribution is -2.33. The maximum atomic E-state index is 12.7. The van der Waals surface area contributed by atoms with Gasteiger partial charge in [-0.25, -0.2) is 9.50 Å². The summed E-state index contributed by atoms with van der Waals surface area (Å²) < 4.78 is 1.56. The molecule has 0 fully saturated rings. The molecule has 1 aromatic carbocycles. The van der Waals surface area contributed by atoms with E-state index >= 15 is 0 Å². The first-order chi connectivity index (χ1) is 12.6. The minimum Gasteiger partial charge on any atom is -0.311 e. The van der Waals surface area contributed by atoms with Crippen LogP contribution in [0.1, 0.15) is 12.0 Å². The van der Waals surface area contributed by atoms with Crippen LogP contribution in [-0.2, 0) is 4.79 Å². The Hall–Kier alpha value is -2.63. The summed E-state index contributed by atoms with van der Waals surface area (Å²) in [4.78, 5) is 22.7. The Morgan fingerprint density at radius 1 is 1.46 bits per heavy atom. The van der Waals surface area contributed by atoms with Gasteiger partial charge in [0.05, 0.1) is 18.2 Å². The number of thioether (sulfide) groups is 1. The van der Waals surface area contributed by atoms with Crippen molar-refractivity contribution in [3.05, 3.63) is 47.2 Å². The molecule has 3 rings (SSSR count). The molecule has 0 bridgehead atoms. The molecule has 0 saturated heterocycles. The molecule has 2 aromatic heterocycles. The van der Waals surface area contributed by atoms with Gasteiger partial charge in [0.1, 0.15) is 0 Å². The number of nitriles is 1. The maximum absolute atomic E-state index is 12.7. The third-order valence-corrected chi connectivity index (χ3v) is 4.87. The molecule has 0 aliphatic heterocycles. The fraction of sp³-hybridized carbons (Fsp3) is 0.235. The van der Waals surface area contributed by atoms with Crippen LogP contribution in [0.25, 0.3) is 5.78 Å². The van der Waals surface area contributed by atoms with Crippen LogP contribution in [0.4, 0.5) is 5.69 Å². The number of carbonyl (C=O) groups is 1. The Kier molecular flexibility index (Phi) is 5.71. The molecule has 26 heavy (non-hydrogen) atoms. The number of benzene rings is 1. The summed E-state index contributed by atoms with van der Waals surface area (Å²) in [5.41, 5.74) is 1.59. The third-order valence-electron chi connectivity index (χ3n) is 3.62. The zero-order valence-corrected chi connectivity index (χ0v) is 15.5. The Labute approximate surface area is 159 Å². The highest BCUT2D eigenvalue weighted by Gasteiger charge is 2.18. The summed E-state index contributed by atoms with van der Waals surface area (Å²) in [5.74, 6) is 0.514. The Bertz CT molecular complexity index is 950. The van der Waals surface area contributed by atoms with Crippen molar-refractivity contribution >= 4 is 40.7 Å². The van der Waals surface area contributed by atoms with Crippen LogP contribution < -0.4 is 4.90 Å². The van der Waals surface area contributed by atoms with Crippen LogP contribution in [0.15, 0.2) is 41.8 Å². The van der Waals surface area contributed by atoms with Gasteiger partial charge in [-0.2, -0.15) is 10.2 Å². The molecule has 0 unspecified atom stereocenters. The van der Waals surface area contributed by atoms with Gasteiger partial charge in [0.2, 0.25) is 11.1 Å². The summed E-state index contributed by atoms with van der Waals surface area (Å²) in [6, 6.07) is 9.21. The summed E-state index contributed by atoms with van der Waals surface area (Å²) in [7, 11) is 0. The average Bonchev–Trinajstić information content (AvgIpc) is 3.06. The monoisotopic (exact) mass is 386 g/mol. The first kappa shape index (κ1) is 18.2. The average molecular weight is 387 g/mol. The number of aromatic nitrogens is 4. The molecular weight excluding hydrogens is 372 g/mol. The van der Waals surface area contributed by atoms with Gasteiger partial charge in [0.15, 0.2) is 0 Å². The minimum atomic E-state index is -0.126. The van der Waals surface area contributed by atoms with Crippen LogP contribution in [0, 0.1) is 18.3 Å². The molecule has 0 spiro atoms. The number of hydrogen-bond donors (Lipinski definition) is 0. The fourth-order valence-corrected chi connectivity index (χ4v) is 3.15. The Morgan fingerprint density at radius 2 is 2.31 bits per heavy atom. The zero-order valence-electron chi connectivity index (χ0n) is 14.0. The summed E-state index contributed by atoms with van der Waals surface area (Å²) in [6.07, 6.45) is 3.63. The number of fused-ring (bicyclic) bond motifs is 1. The van der Waals surface area contributed by atoms with Gasteiger partial charge in [-0.3, -0.25) is 4.79 Å². The van der Waals surface area contributed by atoms with Crippen LogP contribution in [0.5, 0.6) is 0 Å². The predicted molar refractivity (Wildman–Crippen MR) is 100 cm³/mol. The highest BCUT2D eigenvalue weighted by atomic mass is 35.5. The number of amides is 1. The topological polar surface area (TPSA) is 87.2 Å². The van der Waals surface area contributed by atoms with Gasteiger partial charge in [-0.1, -0.05) is 23.4 Å². The van der Waals surface area contributed by atoms with E-state index in [-0.39, 0.29) is 18.1 Å². The Balaban J connectivity index is 1.74. The first-order valence-electron chi connectivity index (χ1n) is 7.82. The number of carbonyl (C=O) groups excluding carboxylic acids is 1. The second-order valence-electron chi connectivity index (χ2n) is 5.43. The van der Waals surface area contributed by atoms with Crippen LogP contribution in [0.3, 0.4) is 0 Å². The van der Waals surface area contributed by atoms with Gasteiger partial charge in [-0.15, -0.1) is 5.10 Å². The van der Waals surface area contributed by atoms with Gasteiger partial charge >= 0.3 is 0 Å². The largest absolute Gasteiger partial charge is 0.311 e. The quantitative estimate of drug-likeness (QED) is 0.605. The van der Waals surface area contributed by atoms with E-state index in [1.807, 2.05) is 13.0 Å². The molecule has 0 aliphatic rings. The normalized spacial score (nSPS) is 10.7. The minimum absolute atomic E-state index is 0.126. The molecular formula is C17H15ClN6OS. The van der Waals surface area contributed by atoms with Crippen molar-refractivity contribution in [3.8, 4) is 6.07 Å². The molecule has 0 atom stereocenters. The lowest BCUT2D eigenvalue weighted by Gasteiger charge is -2.22. The Morgan fingerprint density at radius 3 is 3.04 bits per heavy atom. The number of anilines is 1. The number of nitrogens with zero attached hydrogens (tertiary/aromatic N) is 6. The molecule has 2 heterocycles. The highest BCUT2D eigenvalue weighted by molar-refractivity contribution is 7.99. The van der Waals surface area contributed by atoms with Gasteiger partial charge in [-0.05, 0) is 36.8 Å². The lowest BCUT2D eigenvalue weighted by molar-refractivity contribution is -0.116. The van der Waals surface area contributed by atoms with Crippen LogP contribution in [0.2, 0.25) is 5.02 Å². The molecule has 3 aromatic rings. The van der Waals surface area contributed by atoms with Gasteiger partial charge in [0.25, 0.3) is 5.78 Å². The van der Waals surface area contributed by atoms with E-state index in [0.717, 1.165) is 11.3 Å². The molecule has 7 nitrogen and oxygen atoms in total. The van der Waals surface area contributed by atoms with Gasteiger partial charge in [0, 0.05) is 29.6 Å². The summed E-state index contributed by atoms with van der Waals surface area (Å²) >= 11 is 7.30. The van der Waals surface area contributed by atoms with Crippen LogP contribution >= 0.6 is 23.4 Å². The molecule has 0 aliphatic carbocycles. The van der Waals surface area contributed by atoms with E-state index in [1.54, 1.807) is 40.0 Å². The summed E-state index contributed by atoms with van der Waals surface area (Å²) in [6.45, 7) is 2.19. The first-order valence-corrected chi connectivity index (χ1v) is 9.18. The van der Waals surface area contributed by atoms with E-state index in [2.05, 4.69) is 21.1 Å². The van der Waals surface area contributed by atoms with E-state index in [9.17, 15) is 4.79 Å². The SMILES string of the molecule is Cc1cc(N(CCC#N)C(=O)CSc2nc3ncccn3n2)ccc1Cl. The van der Waals surface area contributed by atoms with Gasteiger partial charge < -0.3 is 4.90 Å². The number of rotatable bonds is 6. The molecule has 1 amide bonds. The fourth-order valence-electron chi connectivity index (χ4n) is 2.34. The second-order valence-corrected chi connectivity index (χ2v) is 6.78. The smallest absolute Gasteiger partial charge is 0.253 e. The lowest BCUT2D eigenvalue weighted by atomic mass is 10.2. The predicted octanol–water partition coefficient (Wildman–Crippen LogP) is 3.13. The molecule has 0 saturated carbocycles. The molecule has 0 radical (unpaired) electrons. The number of aryl methyl sites for hydroxylation is 1. The van der Waals surface area contributed by atoms with Crippen molar-refractivity contribution in [1.29, 1.82) is 5.26 Å². The van der Waals surface area contributed by atoms with E-state index in [1.165, 1.54) is 11.8 Å².